The van der Waals surface area contributed by atoms with E-state index in [4.69, 9.17) is 9.47 Å². The first kappa shape index (κ1) is 15.8. The van der Waals surface area contributed by atoms with Crippen molar-refractivity contribution in [1.82, 2.24) is 0 Å². The van der Waals surface area contributed by atoms with Crippen molar-refractivity contribution in [1.29, 1.82) is 0 Å². The number of carbonyl (C=O) groups excluding carboxylic acids is 1. The Kier molecular flexibility index (Phi) is 5.20. The van der Waals surface area contributed by atoms with Crippen molar-refractivity contribution in [2.75, 3.05) is 13.2 Å². The van der Waals surface area contributed by atoms with E-state index >= 15 is 0 Å². The Morgan fingerprint density at radius 3 is 2.67 bits per heavy atom. The maximum absolute atomic E-state index is 12.3. The van der Waals surface area contributed by atoms with Crippen LogP contribution in [-0.4, -0.2) is 19.0 Å². The number of benzene rings is 1. The van der Waals surface area contributed by atoms with Gasteiger partial charge in [-0.15, -0.1) is 0 Å². The second-order valence-electron chi connectivity index (χ2n) is 4.43. The van der Waals surface area contributed by atoms with Gasteiger partial charge in [-0.2, -0.15) is 4.57 Å². The van der Waals surface area contributed by atoms with Crippen molar-refractivity contribution in [2.24, 2.45) is 0 Å². The van der Waals surface area contributed by atoms with E-state index in [9.17, 15) is 4.79 Å². The van der Waals surface area contributed by atoms with Gasteiger partial charge in [0.25, 0.3) is 0 Å². The molecule has 3 rings (SSSR count). The molecule has 0 spiro atoms. The minimum atomic E-state index is 0. The highest BCUT2D eigenvalue weighted by Crippen LogP contribution is 2.30. The number of aromatic nitrogens is 1. The predicted molar refractivity (Wildman–Crippen MR) is 76.1 cm³/mol. The van der Waals surface area contributed by atoms with E-state index in [-0.39, 0.29) is 24.7 Å². The molecule has 0 atom stereocenters. The molecular formula is C15H13BrClNO3. The SMILES string of the molecule is O=C(C[n+]1ccccc1Br)c1ccc2c(c1)OCCO2.[Cl-]. The Balaban J connectivity index is 0.00000161. The maximum atomic E-state index is 12.3. The van der Waals surface area contributed by atoms with E-state index in [0.29, 0.717) is 30.3 Å². The average molecular weight is 371 g/mol. The molecule has 4 nitrogen and oxygen atoms in total. The van der Waals surface area contributed by atoms with Crippen molar-refractivity contribution in [3.8, 4) is 11.5 Å². The Morgan fingerprint density at radius 1 is 1.14 bits per heavy atom. The monoisotopic (exact) mass is 369 g/mol. The number of fused-ring (bicyclic) bond motifs is 1. The van der Waals surface area contributed by atoms with Crippen LogP contribution in [-0.2, 0) is 6.54 Å². The summed E-state index contributed by atoms with van der Waals surface area (Å²) < 4.78 is 13.7. The summed E-state index contributed by atoms with van der Waals surface area (Å²) >= 11 is 3.42. The second kappa shape index (κ2) is 6.91. The summed E-state index contributed by atoms with van der Waals surface area (Å²) in [5, 5.41) is 0. The predicted octanol–water partition coefficient (Wildman–Crippen LogP) is -0.605. The molecule has 2 heterocycles. The molecule has 0 radical (unpaired) electrons. The van der Waals surface area contributed by atoms with Crippen LogP contribution in [0.25, 0.3) is 0 Å². The quantitative estimate of drug-likeness (QED) is 0.411. The maximum Gasteiger partial charge on any atom is 0.248 e. The third-order valence-electron chi connectivity index (χ3n) is 3.06. The van der Waals surface area contributed by atoms with E-state index in [2.05, 4.69) is 15.9 Å². The van der Waals surface area contributed by atoms with Crippen molar-refractivity contribution in [3.63, 3.8) is 0 Å². The first-order valence-corrected chi connectivity index (χ1v) is 7.10. The van der Waals surface area contributed by atoms with E-state index in [1.54, 1.807) is 18.2 Å². The lowest BCUT2D eigenvalue weighted by molar-refractivity contribution is -0.694. The van der Waals surface area contributed by atoms with Gasteiger partial charge in [-0.25, -0.2) is 0 Å². The lowest BCUT2D eigenvalue weighted by atomic mass is 10.1. The Morgan fingerprint density at radius 2 is 1.90 bits per heavy atom. The third-order valence-corrected chi connectivity index (χ3v) is 3.78. The van der Waals surface area contributed by atoms with Gasteiger partial charge in [-0.3, -0.25) is 4.79 Å². The fourth-order valence-electron chi connectivity index (χ4n) is 2.05. The number of ketones is 1. The van der Waals surface area contributed by atoms with Crippen LogP contribution >= 0.6 is 15.9 Å². The summed E-state index contributed by atoms with van der Waals surface area (Å²) in [6, 6.07) is 11.0. The Bertz CT molecular complexity index is 663. The number of halogens is 2. The molecule has 1 aliphatic rings. The highest BCUT2D eigenvalue weighted by molar-refractivity contribution is 9.10. The summed E-state index contributed by atoms with van der Waals surface area (Å²) in [6.07, 6.45) is 1.86. The number of pyridine rings is 1. The number of ether oxygens (including phenoxy) is 2. The summed E-state index contributed by atoms with van der Waals surface area (Å²) in [7, 11) is 0. The third kappa shape index (κ3) is 3.54. The zero-order valence-electron chi connectivity index (χ0n) is 11.1. The lowest BCUT2D eigenvalue weighted by Crippen LogP contribution is -3.00. The van der Waals surface area contributed by atoms with Crippen molar-refractivity contribution in [2.45, 2.75) is 6.54 Å². The Hall–Kier alpha value is -1.59. The van der Waals surface area contributed by atoms with Gasteiger partial charge in [-0.1, -0.05) is 0 Å². The number of nitrogens with zero attached hydrogens (tertiary/aromatic N) is 1. The lowest BCUT2D eigenvalue weighted by Gasteiger charge is -2.18. The van der Waals surface area contributed by atoms with Gasteiger partial charge in [-0.05, 0) is 24.3 Å². The van der Waals surface area contributed by atoms with Crippen LogP contribution in [0.3, 0.4) is 0 Å². The minimum Gasteiger partial charge on any atom is -1.00 e. The molecule has 0 saturated heterocycles. The molecule has 0 bridgehead atoms. The van der Waals surface area contributed by atoms with Crippen LogP contribution in [0, 0.1) is 0 Å². The topological polar surface area (TPSA) is 39.4 Å². The fraction of sp³-hybridized carbons (Fsp3) is 0.200. The molecule has 0 aliphatic carbocycles. The Labute approximate surface area is 137 Å². The zero-order chi connectivity index (χ0) is 13.9. The van der Waals surface area contributed by atoms with Crippen LogP contribution in [0.2, 0.25) is 0 Å². The molecule has 0 amide bonds. The van der Waals surface area contributed by atoms with E-state index in [1.807, 2.05) is 29.0 Å². The normalized spacial score (nSPS) is 12.4. The molecule has 1 aromatic carbocycles. The molecule has 0 fully saturated rings. The largest absolute Gasteiger partial charge is 1.00 e. The van der Waals surface area contributed by atoms with Gasteiger partial charge in [0, 0.05) is 33.6 Å². The molecule has 110 valence electrons. The first-order valence-electron chi connectivity index (χ1n) is 6.31. The van der Waals surface area contributed by atoms with Crippen molar-refractivity contribution in [3.05, 3.63) is 52.8 Å². The highest BCUT2D eigenvalue weighted by atomic mass is 79.9. The van der Waals surface area contributed by atoms with E-state index in [1.165, 1.54) is 0 Å². The molecule has 1 aromatic heterocycles. The number of hydrogen-bond acceptors (Lipinski definition) is 3. The second-order valence-corrected chi connectivity index (χ2v) is 5.25. The highest BCUT2D eigenvalue weighted by Gasteiger charge is 2.18. The fourth-order valence-corrected chi connectivity index (χ4v) is 2.44. The summed E-state index contributed by atoms with van der Waals surface area (Å²) in [5.41, 5.74) is 0.623. The smallest absolute Gasteiger partial charge is 0.248 e. The van der Waals surface area contributed by atoms with Gasteiger partial charge >= 0.3 is 0 Å². The van der Waals surface area contributed by atoms with Gasteiger partial charge in [0.05, 0.1) is 0 Å². The van der Waals surface area contributed by atoms with Crippen LogP contribution in [0.5, 0.6) is 11.5 Å². The molecule has 0 unspecified atom stereocenters. The molecule has 21 heavy (non-hydrogen) atoms. The van der Waals surface area contributed by atoms with Gasteiger partial charge in [0.2, 0.25) is 16.9 Å². The van der Waals surface area contributed by atoms with Crippen LogP contribution in [0.1, 0.15) is 10.4 Å². The first-order chi connectivity index (χ1) is 9.74. The van der Waals surface area contributed by atoms with Gasteiger partial charge < -0.3 is 21.9 Å². The van der Waals surface area contributed by atoms with Gasteiger partial charge in [0.1, 0.15) is 13.2 Å². The molecule has 0 saturated carbocycles. The minimum absolute atomic E-state index is 0. The molecular weight excluding hydrogens is 358 g/mol. The number of rotatable bonds is 3. The van der Waals surface area contributed by atoms with Crippen LogP contribution < -0.4 is 26.4 Å². The number of hydrogen-bond donors (Lipinski definition) is 0. The zero-order valence-corrected chi connectivity index (χ0v) is 13.4. The summed E-state index contributed by atoms with van der Waals surface area (Å²) in [4.78, 5) is 12.3. The standard InChI is InChI=1S/C15H13BrNO3.ClH/c16-15-3-1-2-6-17(15)10-12(18)11-4-5-13-14(9-11)20-8-7-19-13;/h1-6,9H,7-8,10H2;1H/q+1;/p-1. The molecule has 1 aliphatic heterocycles. The van der Waals surface area contributed by atoms with Gasteiger partial charge in [0.15, 0.2) is 17.7 Å². The number of carbonyl (C=O) groups is 1. The summed E-state index contributed by atoms with van der Waals surface area (Å²) in [6.45, 7) is 1.35. The molecule has 2 aromatic rings. The van der Waals surface area contributed by atoms with Crippen LogP contribution in [0.15, 0.2) is 47.2 Å². The van der Waals surface area contributed by atoms with Crippen molar-refractivity contribution >= 4 is 21.7 Å². The van der Waals surface area contributed by atoms with Crippen LogP contribution in [0.4, 0.5) is 0 Å². The molecule has 0 N–H and O–H groups in total. The molecule has 6 heteroatoms. The van der Waals surface area contributed by atoms with E-state index in [0.717, 1.165) is 4.60 Å². The van der Waals surface area contributed by atoms with E-state index < -0.39 is 0 Å². The average Bonchev–Trinajstić information content (AvgIpc) is 2.49. The summed E-state index contributed by atoms with van der Waals surface area (Å²) in [5.74, 6) is 1.36. The number of Topliss-reactive ketones (excluding diaryl/α,β-unsaturated/α-hetero) is 1. The van der Waals surface area contributed by atoms with Crippen molar-refractivity contribution < 1.29 is 31.2 Å².